The van der Waals surface area contributed by atoms with E-state index in [0.717, 1.165) is 6.08 Å². The van der Waals surface area contributed by atoms with Gasteiger partial charge in [0.1, 0.15) is 5.75 Å². The van der Waals surface area contributed by atoms with Crippen LogP contribution >= 0.6 is 0 Å². The minimum Gasteiger partial charge on any atom is -0.452 e. The number of nitro benzene ring substituents is 1. The van der Waals surface area contributed by atoms with Crippen LogP contribution in [0.2, 0.25) is 0 Å². The Morgan fingerprint density at radius 3 is 2.54 bits per heavy atom. The number of hydrogen-bond acceptors (Lipinski definition) is 6. The van der Waals surface area contributed by atoms with E-state index in [9.17, 15) is 28.5 Å². The number of halogens is 2. The second kappa shape index (κ2) is 9.76. The predicted molar refractivity (Wildman–Crippen MR) is 94.8 cm³/mol. The number of nitro groups is 1. The Morgan fingerprint density at radius 1 is 1.14 bits per heavy atom. The first kappa shape index (κ1) is 20.5. The molecule has 10 heteroatoms. The van der Waals surface area contributed by atoms with Gasteiger partial charge in [-0.25, -0.2) is 4.79 Å². The van der Waals surface area contributed by atoms with Crippen LogP contribution in [0.3, 0.4) is 0 Å². The number of ether oxygens (including phenoxy) is 2. The van der Waals surface area contributed by atoms with Crippen molar-refractivity contribution in [3.05, 3.63) is 70.3 Å². The van der Waals surface area contributed by atoms with Gasteiger partial charge in [0.25, 0.3) is 11.6 Å². The van der Waals surface area contributed by atoms with Gasteiger partial charge in [0.15, 0.2) is 6.61 Å². The van der Waals surface area contributed by atoms with Crippen LogP contribution in [0.5, 0.6) is 5.75 Å². The first-order chi connectivity index (χ1) is 13.4. The summed E-state index contributed by atoms with van der Waals surface area (Å²) in [6.07, 6.45) is 2.12. The molecule has 0 spiro atoms. The SMILES string of the molecule is O=C(COC(=O)C=Cc1ccccc1[N+](=O)[O-])Nc1ccccc1OC(F)F. The van der Waals surface area contributed by atoms with Gasteiger partial charge >= 0.3 is 12.6 Å². The molecule has 0 atom stereocenters. The number of nitrogens with zero attached hydrogens (tertiary/aromatic N) is 1. The number of carbonyl (C=O) groups excluding carboxylic acids is 2. The number of nitrogens with one attached hydrogen (secondary N) is 1. The zero-order valence-corrected chi connectivity index (χ0v) is 14.2. The zero-order valence-electron chi connectivity index (χ0n) is 14.2. The number of rotatable bonds is 8. The van der Waals surface area contributed by atoms with Crippen LogP contribution in [-0.4, -0.2) is 30.0 Å². The Kier molecular flexibility index (Phi) is 7.14. The third-order valence-corrected chi connectivity index (χ3v) is 3.26. The van der Waals surface area contributed by atoms with Crippen molar-refractivity contribution in [1.82, 2.24) is 0 Å². The van der Waals surface area contributed by atoms with E-state index in [2.05, 4.69) is 10.1 Å². The summed E-state index contributed by atoms with van der Waals surface area (Å²) in [4.78, 5) is 33.8. The van der Waals surface area contributed by atoms with Crippen molar-refractivity contribution in [3.8, 4) is 5.75 Å². The van der Waals surface area contributed by atoms with Gasteiger partial charge in [-0.05, 0) is 24.3 Å². The van der Waals surface area contributed by atoms with Gasteiger partial charge < -0.3 is 14.8 Å². The number of alkyl halides is 2. The van der Waals surface area contributed by atoms with E-state index in [-0.39, 0.29) is 22.7 Å². The summed E-state index contributed by atoms with van der Waals surface area (Å²) in [7, 11) is 0. The lowest BCUT2D eigenvalue weighted by Crippen LogP contribution is -2.20. The Balaban J connectivity index is 1.92. The summed E-state index contributed by atoms with van der Waals surface area (Å²) >= 11 is 0. The summed E-state index contributed by atoms with van der Waals surface area (Å²) in [5.74, 6) is -1.93. The minimum absolute atomic E-state index is 0.0145. The molecule has 0 bridgehead atoms. The van der Waals surface area contributed by atoms with Gasteiger partial charge in [0.05, 0.1) is 16.2 Å². The van der Waals surface area contributed by atoms with Crippen LogP contribution in [-0.2, 0) is 14.3 Å². The number of benzene rings is 2. The lowest BCUT2D eigenvalue weighted by atomic mass is 10.1. The van der Waals surface area contributed by atoms with Crippen molar-refractivity contribution in [2.75, 3.05) is 11.9 Å². The van der Waals surface area contributed by atoms with Crippen LogP contribution in [0.25, 0.3) is 6.08 Å². The molecule has 0 aliphatic carbocycles. The molecule has 146 valence electrons. The second-order valence-corrected chi connectivity index (χ2v) is 5.18. The van der Waals surface area contributed by atoms with Crippen molar-refractivity contribution in [2.45, 2.75) is 6.61 Å². The maximum absolute atomic E-state index is 12.3. The highest BCUT2D eigenvalue weighted by Gasteiger charge is 2.13. The summed E-state index contributed by atoms with van der Waals surface area (Å²) in [5, 5.41) is 13.2. The molecule has 2 aromatic rings. The van der Waals surface area contributed by atoms with E-state index in [4.69, 9.17) is 4.74 Å². The van der Waals surface area contributed by atoms with Gasteiger partial charge in [-0.1, -0.05) is 24.3 Å². The highest BCUT2D eigenvalue weighted by atomic mass is 19.3. The van der Waals surface area contributed by atoms with Crippen LogP contribution in [0.1, 0.15) is 5.56 Å². The molecule has 2 aromatic carbocycles. The molecule has 0 saturated carbocycles. The largest absolute Gasteiger partial charge is 0.452 e. The Bertz CT molecular complexity index is 901. The maximum atomic E-state index is 12.3. The molecule has 0 aliphatic rings. The maximum Gasteiger partial charge on any atom is 0.387 e. The van der Waals surface area contributed by atoms with Gasteiger partial charge in [-0.15, -0.1) is 0 Å². The van der Waals surface area contributed by atoms with Crippen molar-refractivity contribution >= 4 is 29.3 Å². The van der Waals surface area contributed by atoms with Crippen molar-refractivity contribution in [1.29, 1.82) is 0 Å². The molecular weight excluding hydrogens is 378 g/mol. The number of hydrogen-bond donors (Lipinski definition) is 1. The van der Waals surface area contributed by atoms with Crippen LogP contribution in [0.4, 0.5) is 20.2 Å². The minimum atomic E-state index is -3.07. The number of anilines is 1. The molecule has 1 amide bonds. The molecule has 8 nitrogen and oxygen atoms in total. The van der Waals surface area contributed by atoms with Crippen LogP contribution < -0.4 is 10.1 Å². The number of para-hydroxylation sites is 3. The fourth-order valence-electron chi connectivity index (χ4n) is 2.09. The second-order valence-electron chi connectivity index (χ2n) is 5.18. The van der Waals surface area contributed by atoms with E-state index in [1.165, 1.54) is 48.5 Å². The molecule has 0 saturated heterocycles. The Hall–Kier alpha value is -3.82. The standard InChI is InChI=1S/C18H14F2N2O6/c19-18(20)28-15-8-4-2-6-13(15)21-16(23)11-27-17(24)10-9-12-5-1-3-7-14(12)22(25)26/h1-10,18H,11H2,(H,21,23). The normalized spacial score (nSPS) is 10.7. The quantitative estimate of drug-likeness (QED) is 0.319. The Labute approximate surface area is 157 Å². The monoisotopic (exact) mass is 392 g/mol. The van der Waals surface area contributed by atoms with Crippen molar-refractivity contribution in [2.24, 2.45) is 0 Å². The molecule has 0 fully saturated rings. The first-order valence-corrected chi connectivity index (χ1v) is 7.79. The molecule has 2 rings (SSSR count). The molecule has 1 N–H and O–H groups in total. The number of carbonyl (C=O) groups is 2. The van der Waals surface area contributed by atoms with Crippen molar-refractivity contribution in [3.63, 3.8) is 0 Å². The third-order valence-electron chi connectivity index (χ3n) is 3.26. The van der Waals surface area contributed by atoms with E-state index in [1.54, 1.807) is 6.07 Å². The smallest absolute Gasteiger partial charge is 0.387 e. The topological polar surface area (TPSA) is 108 Å². The average Bonchev–Trinajstić information content (AvgIpc) is 2.66. The fraction of sp³-hybridized carbons (Fsp3) is 0.111. The van der Waals surface area contributed by atoms with E-state index >= 15 is 0 Å². The summed E-state index contributed by atoms with van der Waals surface area (Å²) in [6, 6.07) is 11.3. The van der Waals surface area contributed by atoms with E-state index in [1.807, 2.05) is 0 Å². The molecule has 0 radical (unpaired) electrons. The molecular formula is C18H14F2N2O6. The molecule has 28 heavy (non-hydrogen) atoms. The summed E-state index contributed by atoms with van der Waals surface area (Å²) in [5.41, 5.74) is -0.0220. The summed E-state index contributed by atoms with van der Waals surface area (Å²) < 4.78 is 33.7. The highest BCUT2D eigenvalue weighted by molar-refractivity contribution is 5.95. The lowest BCUT2D eigenvalue weighted by molar-refractivity contribution is -0.385. The van der Waals surface area contributed by atoms with Crippen molar-refractivity contribution < 1.29 is 32.8 Å². The molecule has 0 heterocycles. The molecule has 0 unspecified atom stereocenters. The van der Waals surface area contributed by atoms with Gasteiger partial charge in [-0.3, -0.25) is 14.9 Å². The molecule has 0 aromatic heterocycles. The lowest BCUT2D eigenvalue weighted by Gasteiger charge is -2.11. The average molecular weight is 392 g/mol. The molecule has 0 aliphatic heterocycles. The van der Waals surface area contributed by atoms with Gasteiger partial charge in [-0.2, -0.15) is 8.78 Å². The van der Waals surface area contributed by atoms with E-state index < -0.39 is 30.0 Å². The predicted octanol–water partition coefficient (Wildman–Crippen LogP) is 3.39. The summed E-state index contributed by atoms with van der Waals surface area (Å²) in [6.45, 7) is -3.76. The van der Waals surface area contributed by atoms with Gasteiger partial charge in [0.2, 0.25) is 0 Å². The first-order valence-electron chi connectivity index (χ1n) is 7.79. The fourth-order valence-corrected chi connectivity index (χ4v) is 2.09. The zero-order chi connectivity index (χ0) is 20.5. The third kappa shape index (κ3) is 6.16. The number of esters is 1. The van der Waals surface area contributed by atoms with Crippen LogP contribution in [0, 0.1) is 10.1 Å². The van der Waals surface area contributed by atoms with Gasteiger partial charge in [0, 0.05) is 12.1 Å². The highest BCUT2D eigenvalue weighted by Crippen LogP contribution is 2.25. The van der Waals surface area contributed by atoms with Crippen LogP contribution in [0.15, 0.2) is 54.6 Å². The Morgan fingerprint density at radius 2 is 1.82 bits per heavy atom. The van der Waals surface area contributed by atoms with E-state index in [0.29, 0.717) is 0 Å². The number of amides is 1.